The molecule has 3 rings (SSSR count). The number of amides is 1. The van der Waals surface area contributed by atoms with E-state index in [1.54, 1.807) is 29.8 Å². The molecule has 3 aromatic rings. The van der Waals surface area contributed by atoms with Gasteiger partial charge in [0.05, 0.1) is 10.8 Å². The zero-order valence-electron chi connectivity index (χ0n) is 13.5. The maximum atomic E-state index is 12.9. The first-order valence-corrected chi connectivity index (χ1v) is 9.21. The van der Waals surface area contributed by atoms with Crippen LogP contribution < -0.4 is 5.32 Å². The Labute approximate surface area is 163 Å². The molecular formula is C17H13Cl2FN4OS. The molecule has 134 valence electrons. The monoisotopic (exact) mass is 410 g/mol. The highest BCUT2D eigenvalue weighted by molar-refractivity contribution is 7.99. The van der Waals surface area contributed by atoms with Crippen LogP contribution in [-0.4, -0.2) is 26.4 Å². The van der Waals surface area contributed by atoms with Crippen LogP contribution in [0.2, 0.25) is 10.0 Å². The molecule has 1 N–H and O–H groups in total. The van der Waals surface area contributed by atoms with E-state index in [1.807, 2.05) is 0 Å². The molecule has 0 fully saturated rings. The van der Waals surface area contributed by atoms with E-state index in [1.165, 1.54) is 36.0 Å². The summed E-state index contributed by atoms with van der Waals surface area (Å²) in [5.41, 5.74) is 1.23. The average Bonchev–Trinajstić information content (AvgIpc) is 2.96. The zero-order chi connectivity index (χ0) is 18.7. The van der Waals surface area contributed by atoms with Gasteiger partial charge in [0.15, 0.2) is 11.0 Å². The number of carbonyl (C=O) groups is 1. The van der Waals surface area contributed by atoms with Crippen LogP contribution in [0.1, 0.15) is 0 Å². The van der Waals surface area contributed by atoms with Crippen molar-refractivity contribution in [3.63, 3.8) is 0 Å². The number of nitrogens with zero attached hydrogens (tertiary/aromatic N) is 3. The number of rotatable bonds is 5. The van der Waals surface area contributed by atoms with Crippen molar-refractivity contribution in [2.45, 2.75) is 5.16 Å². The molecule has 0 unspecified atom stereocenters. The molecule has 0 saturated heterocycles. The standard InChI is InChI=1S/C17H13Cl2FN4OS/c1-24-16(13-7-2-10(18)8-14(13)19)22-23-17(24)26-9-15(25)21-12-5-3-11(20)4-6-12/h2-8H,9H2,1H3,(H,21,25). The minimum absolute atomic E-state index is 0.137. The molecular weight excluding hydrogens is 398 g/mol. The van der Waals surface area contributed by atoms with Gasteiger partial charge in [0, 0.05) is 23.3 Å². The van der Waals surface area contributed by atoms with Gasteiger partial charge in [-0.3, -0.25) is 4.79 Å². The Morgan fingerprint density at radius 3 is 2.62 bits per heavy atom. The summed E-state index contributed by atoms with van der Waals surface area (Å²) in [4.78, 5) is 12.0. The van der Waals surface area contributed by atoms with Gasteiger partial charge >= 0.3 is 0 Å². The molecule has 5 nitrogen and oxygen atoms in total. The van der Waals surface area contributed by atoms with E-state index >= 15 is 0 Å². The highest BCUT2D eigenvalue weighted by Gasteiger charge is 2.15. The number of nitrogens with one attached hydrogen (secondary N) is 1. The summed E-state index contributed by atoms with van der Waals surface area (Å²) >= 11 is 13.4. The van der Waals surface area contributed by atoms with E-state index in [0.717, 1.165) is 0 Å². The second-order valence-corrected chi connectivity index (χ2v) is 7.12. The van der Waals surface area contributed by atoms with E-state index in [0.29, 0.717) is 32.3 Å². The number of halogens is 3. The lowest BCUT2D eigenvalue weighted by Gasteiger charge is -2.07. The number of hydrogen-bond acceptors (Lipinski definition) is 4. The first-order valence-electron chi connectivity index (χ1n) is 7.47. The summed E-state index contributed by atoms with van der Waals surface area (Å²) in [6, 6.07) is 10.7. The molecule has 1 aromatic heterocycles. The van der Waals surface area contributed by atoms with Crippen LogP contribution in [0.4, 0.5) is 10.1 Å². The van der Waals surface area contributed by atoms with Crippen molar-refractivity contribution >= 4 is 46.6 Å². The van der Waals surface area contributed by atoms with Crippen LogP contribution in [0, 0.1) is 5.82 Å². The van der Waals surface area contributed by atoms with Crippen LogP contribution in [0.25, 0.3) is 11.4 Å². The third-order valence-corrected chi connectivity index (χ3v) is 5.04. The van der Waals surface area contributed by atoms with Crippen molar-refractivity contribution in [3.8, 4) is 11.4 Å². The summed E-state index contributed by atoms with van der Waals surface area (Å²) in [5.74, 6) is 0.131. The number of thioether (sulfide) groups is 1. The van der Waals surface area contributed by atoms with Crippen molar-refractivity contribution in [1.82, 2.24) is 14.8 Å². The Morgan fingerprint density at radius 1 is 1.19 bits per heavy atom. The van der Waals surface area contributed by atoms with Gasteiger partial charge in [0.25, 0.3) is 0 Å². The molecule has 0 spiro atoms. The zero-order valence-corrected chi connectivity index (χ0v) is 15.9. The van der Waals surface area contributed by atoms with Crippen LogP contribution in [0.15, 0.2) is 47.6 Å². The lowest BCUT2D eigenvalue weighted by Crippen LogP contribution is -2.14. The van der Waals surface area contributed by atoms with Crippen LogP contribution in [-0.2, 0) is 11.8 Å². The number of benzene rings is 2. The molecule has 0 bridgehead atoms. The number of carbonyl (C=O) groups excluding carboxylic acids is 1. The predicted octanol–water partition coefficient (Wildman–Crippen LogP) is 4.66. The van der Waals surface area contributed by atoms with Crippen molar-refractivity contribution in [2.24, 2.45) is 7.05 Å². The van der Waals surface area contributed by atoms with Crippen molar-refractivity contribution < 1.29 is 9.18 Å². The summed E-state index contributed by atoms with van der Waals surface area (Å²) in [7, 11) is 1.79. The van der Waals surface area contributed by atoms with Crippen LogP contribution >= 0.6 is 35.0 Å². The fraction of sp³-hybridized carbons (Fsp3) is 0.118. The van der Waals surface area contributed by atoms with Crippen LogP contribution in [0.5, 0.6) is 0 Å². The Hall–Kier alpha value is -2.09. The Balaban J connectivity index is 1.66. The third-order valence-electron chi connectivity index (χ3n) is 3.47. The van der Waals surface area contributed by atoms with Gasteiger partial charge in [-0.1, -0.05) is 35.0 Å². The lowest BCUT2D eigenvalue weighted by atomic mass is 10.2. The quantitative estimate of drug-likeness (QED) is 0.621. The number of aromatic nitrogens is 3. The highest BCUT2D eigenvalue weighted by Crippen LogP contribution is 2.30. The van der Waals surface area contributed by atoms with E-state index in [9.17, 15) is 9.18 Å². The van der Waals surface area contributed by atoms with Gasteiger partial charge in [0.2, 0.25) is 5.91 Å². The molecule has 0 radical (unpaired) electrons. The largest absolute Gasteiger partial charge is 0.325 e. The Kier molecular flexibility index (Phi) is 5.80. The van der Waals surface area contributed by atoms with E-state index in [-0.39, 0.29) is 17.5 Å². The molecule has 0 saturated carbocycles. The van der Waals surface area contributed by atoms with Gasteiger partial charge in [-0.05, 0) is 42.5 Å². The fourth-order valence-electron chi connectivity index (χ4n) is 2.21. The van der Waals surface area contributed by atoms with E-state index in [4.69, 9.17) is 23.2 Å². The Bertz CT molecular complexity index is 946. The highest BCUT2D eigenvalue weighted by atomic mass is 35.5. The maximum absolute atomic E-state index is 12.9. The lowest BCUT2D eigenvalue weighted by molar-refractivity contribution is -0.113. The first-order chi connectivity index (χ1) is 12.4. The molecule has 26 heavy (non-hydrogen) atoms. The summed E-state index contributed by atoms with van der Waals surface area (Å²) < 4.78 is 14.6. The third kappa shape index (κ3) is 4.35. The minimum Gasteiger partial charge on any atom is -0.325 e. The summed E-state index contributed by atoms with van der Waals surface area (Å²) in [6.07, 6.45) is 0. The van der Waals surface area contributed by atoms with E-state index in [2.05, 4.69) is 15.5 Å². The predicted molar refractivity (Wildman–Crippen MR) is 102 cm³/mol. The molecule has 1 heterocycles. The van der Waals surface area contributed by atoms with Crippen LogP contribution in [0.3, 0.4) is 0 Å². The smallest absolute Gasteiger partial charge is 0.234 e. The van der Waals surface area contributed by atoms with Gasteiger partial charge < -0.3 is 9.88 Å². The molecule has 0 aliphatic rings. The first kappa shape index (κ1) is 18.7. The van der Waals surface area contributed by atoms with Gasteiger partial charge in [-0.25, -0.2) is 4.39 Å². The molecule has 1 amide bonds. The maximum Gasteiger partial charge on any atom is 0.234 e. The SMILES string of the molecule is Cn1c(SCC(=O)Nc2ccc(F)cc2)nnc1-c1ccc(Cl)cc1Cl. The number of anilines is 1. The topological polar surface area (TPSA) is 59.8 Å². The van der Waals surface area contributed by atoms with Gasteiger partial charge in [0.1, 0.15) is 5.82 Å². The van der Waals surface area contributed by atoms with Gasteiger partial charge in [-0.15, -0.1) is 10.2 Å². The fourth-order valence-corrected chi connectivity index (χ4v) is 3.41. The second kappa shape index (κ2) is 8.07. The average molecular weight is 411 g/mol. The molecule has 9 heteroatoms. The molecule has 2 aromatic carbocycles. The second-order valence-electron chi connectivity index (χ2n) is 5.33. The molecule has 0 aliphatic carbocycles. The summed E-state index contributed by atoms with van der Waals surface area (Å²) in [6.45, 7) is 0. The molecule has 0 atom stereocenters. The normalized spacial score (nSPS) is 10.8. The van der Waals surface area contributed by atoms with Gasteiger partial charge in [-0.2, -0.15) is 0 Å². The van der Waals surface area contributed by atoms with Crippen molar-refractivity contribution in [1.29, 1.82) is 0 Å². The van der Waals surface area contributed by atoms with E-state index < -0.39 is 0 Å². The van der Waals surface area contributed by atoms with Crippen molar-refractivity contribution in [2.75, 3.05) is 11.1 Å². The summed E-state index contributed by atoms with van der Waals surface area (Å²) in [5, 5.41) is 12.5. The minimum atomic E-state index is -0.357. The Morgan fingerprint density at radius 2 is 1.92 bits per heavy atom. The number of hydrogen-bond donors (Lipinski definition) is 1. The molecule has 0 aliphatic heterocycles. The van der Waals surface area contributed by atoms with Crippen molar-refractivity contribution in [3.05, 3.63) is 58.3 Å².